The second kappa shape index (κ2) is 4.99. The molecule has 104 valence electrons. The molecule has 0 saturated carbocycles. The van der Waals surface area contributed by atoms with E-state index in [4.69, 9.17) is 9.47 Å². The average molecular weight is 275 g/mol. The summed E-state index contributed by atoms with van der Waals surface area (Å²) in [4.78, 5) is 11.5. The molecule has 1 aromatic carbocycles. The van der Waals surface area contributed by atoms with Crippen LogP contribution in [-0.4, -0.2) is 25.2 Å². The minimum absolute atomic E-state index is 0.0765. The van der Waals surface area contributed by atoms with Gasteiger partial charge in [-0.25, -0.2) is 4.79 Å². The number of ether oxygens (including phenoxy) is 2. The molecule has 0 saturated heterocycles. The quantitative estimate of drug-likeness (QED) is 0.842. The monoisotopic (exact) mass is 275 g/mol. The number of benzene rings is 1. The zero-order chi connectivity index (χ0) is 14.0. The van der Waals surface area contributed by atoms with Crippen molar-refractivity contribution in [3.8, 4) is 5.75 Å². The number of esters is 1. The summed E-state index contributed by atoms with van der Waals surface area (Å²) in [6, 6.07) is 3.06. The van der Waals surface area contributed by atoms with Crippen LogP contribution in [0.25, 0.3) is 0 Å². The molecule has 1 aromatic rings. The van der Waals surface area contributed by atoms with E-state index >= 15 is 0 Å². The van der Waals surface area contributed by atoms with E-state index in [9.17, 15) is 18.0 Å². The standard InChI is InChI=1S/C12H12F3NO3/c1-2-18-11(17)10-6-16-8-5-7(12(13,14)15)3-4-9(8)19-10/h3-5,10,16H,2,6H2,1H3/t10-/m1/s1. The molecule has 0 aromatic heterocycles. The van der Waals surface area contributed by atoms with E-state index in [0.29, 0.717) is 0 Å². The van der Waals surface area contributed by atoms with Gasteiger partial charge in [0.25, 0.3) is 0 Å². The minimum atomic E-state index is -4.41. The Hall–Kier alpha value is -1.92. The van der Waals surface area contributed by atoms with Crippen LogP contribution in [0.15, 0.2) is 18.2 Å². The molecule has 0 unspecified atom stereocenters. The van der Waals surface area contributed by atoms with Gasteiger partial charge in [-0.05, 0) is 25.1 Å². The van der Waals surface area contributed by atoms with Crippen molar-refractivity contribution in [3.05, 3.63) is 23.8 Å². The molecular formula is C12H12F3NO3. The van der Waals surface area contributed by atoms with E-state index < -0.39 is 23.8 Å². The normalized spacial score (nSPS) is 18.0. The van der Waals surface area contributed by atoms with Crippen molar-refractivity contribution in [2.45, 2.75) is 19.2 Å². The number of nitrogens with one attached hydrogen (secondary N) is 1. The fraction of sp³-hybridized carbons (Fsp3) is 0.417. The van der Waals surface area contributed by atoms with Crippen LogP contribution in [0.2, 0.25) is 0 Å². The number of halogens is 3. The number of carbonyl (C=O) groups is 1. The molecule has 1 heterocycles. The summed E-state index contributed by atoms with van der Waals surface area (Å²) in [5.74, 6) is -0.335. The summed E-state index contributed by atoms with van der Waals surface area (Å²) in [5, 5.41) is 2.74. The van der Waals surface area contributed by atoms with Crippen molar-refractivity contribution in [1.29, 1.82) is 0 Å². The van der Waals surface area contributed by atoms with Gasteiger partial charge in [-0.1, -0.05) is 0 Å². The fourth-order valence-electron chi connectivity index (χ4n) is 1.71. The van der Waals surface area contributed by atoms with Crippen LogP contribution in [0.1, 0.15) is 12.5 Å². The van der Waals surface area contributed by atoms with Crippen LogP contribution in [0.3, 0.4) is 0 Å². The SMILES string of the molecule is CCOC(=O)[C@H]1CNc2cc(C(F)(F)F)ccc2O1. The largest absolute Gasteiger partial charge is 0.475 e. The number of hydrogen-bond acceptors (Lipinski definition) is 4. The maximum atomic E-state index is 12.5. The zero-order valence-electron chi connectivity index (χ0n) is 10.1. The van der Waals surface area contributed by atoms with Gasteiger partial charge in [0.2, 0.25) is 6.10 Å². The van der Waals surface area contributed by atoms with E-state index in [1.54, 1.807) is 6.92 Å². The molecule has 0 spiro atoms. The maximum Gasteiger partial charge on any atom is 0.416 e. The van der Waals surface area contributed by atoms with Crippen molar-refractivity contribution in [3.63, 3.8) is 0 Å². The zero-order valence-corrected chi connectivity index (χ0v) is 10.1. The minimum Gasteiger partial charge on any atom is -0.475 e. The topological polar surface area (TPSA) is 47.6 Å². The molecule has 0 radical (unpaired) electrons. The third-order valence-electron chi connectivity index (χ3n) is 2.60. The molecule has 2 rings (SSSR count). The maximum absolute atomic E-state index is 12.5. The highest BCUT2D eigenvalue weighted by Crippen LogP contribution is 2.36. The predicted molar refractivity (Wildman–Crippen MR) is 61.0 cm³/mol. The summed E-state index contributed by atoms with van der Waals surface area (Å²) in [7, 11) is 0. The van der Waals surface area contributed by atoms with Crippen molar-refractivity contribution in [1.82, 2.24) is 0 Å². The first kappa shape index (κ1) is 13.5. The lowest BCUT2D eigenvalue weighted by Crippen LogP contribution is -2.39. The van der Waals surface area contributed by atoms with Crippen LogP contribution >= 0.6 is 0 Å². The average Bonchev–Trinajstić information content (AvgIpc) is 2.36. The Morgan fingerprint density at radius 2 is 2.26 bits per heavy atom. The second-order valence-electron chi connectivity index (χ2n) is 3.95. The molecule has 0 bridgehead atoms. The second-order valence-corrected chi connectivity index (χ2v) is 3.95. The molecule has 0 amide bonds. The molecule has 0 fully saturated rings. The van der Waals surface area contributed by atoms with E-state index in [1.807, 2.05) is 0 Å². The highest BCUT2D eigenvalue weighted by molar-refractivity contribution is 5.77. The van der Waals surface area contributed by atoms with Crippen LogP contribution < -0.4 is 10.1 Å². The highest BCUT2D eigenvalue weighted by Gasteiger charge is 2.33. The fourth-order valence-corrected chi connectivity index (χ4v) is 1.71. The van der Waals surface area contributed by atoms with Crippen molar-refractivity contribution in [2.75, 3.05) is 18.5 Å². The molecule has 1 N–H and O–H groups in total. The van der Waals surface area contributed by atoms with E-state index in [1.165, 1.54) is 6.07 Å². The lowest BCUT2D eigenvalue weighted by atomic mass is 10.1. The highest BCUT2D eigenvalue weighted by atomic mass is 19.4. The van der Waals surface area contributed by atoms with E-state index in [-0.39, 0.29) is 24.6 Å². The predicted octanol–water partition coefficient (Wildman–Crippen LogP) is 2.44. The molecule has 1 aliphatic rings. The number of anilines is 1. The van der Waals surface area contributed by atoms with Gasteiger partial charge < -0.3 is 14.8 Å². The Bertz CT molecular complexity index is 488. The van der Waals surface area contributed by atoms with Crippen molar-refractivity contribution in [2.24, 2.45) is 0 Å². The number of hydrogen-bond donors (Lipinski definition) is 1. The van der Waals surface area contributed by atoms with Crippen molar-refractivity contribution < 1.29 is 27.4 Å². The third kappa shape index (κ3) is 2.91. The third-order valence-corrected chi connectivity index (χ3v) is 2.60. The van der Waals surface area contributed by atoms with Crippen LogP contribution in [-0.2, 0) is 15.7 Å². The van der Waals surface area contributed by atoms with Gasteiger partial charge in [0.1, 0.15) is 5.75 Å². The summed E-state index contributed by atoms with van der Waals surface area (Å²) in [6.45, 7) is 1.96. The van der Waals surface area contributed by atoms with Gasteiger partial charge in [0.05, 0.1) is 24.4 Å². The van der Waals surface area contributed by atoms with Gasteiger partial charge in [0, 0.05) is 0 Å². The molecule has 0 aliphatic carbocycles. The summed E-state index contributed by atoms with van der Waals surface area (Å²) < 4.78 is 47.7. The molecular weight excluding hydrogens is 263 g/mol. The first-order valence-corrected chi connectivity index (χ1v) is 5.70. The number of carbonyl (C=O) groups excluding carboxylic acids is 1. The summed E-state index contributed by atoms with van der Waals surface area (Å²) in [5.41, 5.74) is -0.549. The molecule has 7 heteroatoms. The molecule has 19 heavy (non-hydrogen) atoms. The number of alkyl halides is 3. The lowest BCUT2D eigenvalue weighted by molar-refractivity contribution is -0.151. The van der Waals surface area contributed by atoms with Gasteiger partial charge in [-0.3, -0.25) is 0 Å². The summed E-state index contributed by atoms with van der Waals surface area (Å²) >= 11 is 0. The first-order chi connectivity index (χ1) is 8.91. The number of rotatable bonds is 2. The van der Waals surface area contributed by atoms with Crippen LogP contribution in [0, 0.1) is 0 Å². The van der Waals surface area contributed by atoms with Crippen LogP contribution in [0.4, 0.5) is 18.9 Å². The van der Waals surface area contributed by atoms with E-state index in [0.717, 1.165) is 12.1 Å². The van der Waals surface area contributed by atoms with E-state index in [2.05, 4.69) is 5.32 Å². The van der Waals surface area contributed by atoms with Crippen molar-refractivity contribution >= 4 is 11.7 Å². The first-order valence-electron chi connectivity index (χ1n) is 5.70. The Balaban J connectivity index is 2.17. The lowest BCUT2D eigenvalue weighted by Gasteiger charge is -2.26. The Kier molecular flexibility index (Phi) is 3.55. The van der Waals surface area contributed by atoms with Gasteiger partial charge in [0.15, 0.2) is 0 Å². The van der Waals surface area contributed by atoms with Gasteiger partial charge in [-0.2, -0.15) is 13.2 Å². The smallest absolute Gasteiger partial charge is 0.416 e. The molecule has 1 aliphatic heterocycles. The Morgan fingerprint density at radius 1 is 1.53 bits per heavy atom. The van der Waals surface area contributed by atoms with Gasteiger partial charge >= 0.3 is 12.1 Å². The van der Waals surface area contributed by atoms with Gasteiger partial charge in [-0.15, -0.1) is 0 Å². The summed E-state index contributed by atoms with van der Waals surface area (Å²) in [6.07, 6.45) is -5.25. The molecule has 1 atom stereocenters. The molecule has 4 nitrogen and oxygen atoms in total. The number of fused-ring (bicyclic) bond motifs is 1. The Labute approximate surface area is 107 Å². The van der Waals surface area contributed by atoms with Crippen LogP contribution in [0.5, 0.6) is 5.75 Å². The Morgan fingerprint density at radius 3 is 2.89 bits per heavy atom.